The van der Waals surface area contributed by atoms with Gasteiger partial charge in [0.25, 0.3) is 0 Å². The SMILES string of the molecule is CCC1SC(CC)N(CCN2C(CC)SC(CC)SC2CC)C(CC)S1. The van der Waals surface area contributed by atoms with Crippen LogP contribution in [0.15, 0.2) is 0 Å². The van der Waals surface area contributed by atoms with Gasteiger partial charge in [0.2, 0.25) is 0 Å². The summed E-state index contributed by atoms with van der Waals surface area (Å²) in [5.74, 6) is 0. The van der Waals surface area contributed by atoms with Crippen LogP contribution in [0.4, 0.5) is 0 Å². The van der Waals surface area contributed by atoms with E-state index >= 15 is 0 Å². The maximum absolute atomic E-state index is 2.84. The van der Waals surface area contributed by atoms with E-state index in [1.807, 2.05) is 0 Å². The van der Waals surface area contributed by atoms with E-state index in [9.17, 15) is 0 Å². The monoisotopic (exact) mass is 436 g/mol. The van der Waals surface area contributed by atoms with Gasteiger partial charge in [-0.2, -0.15) is 0 Å². The fourth-order valence-electron chi connectivity index (χ4n) is 3.96. The molecule has 0 spiro atoms. The average Bonchev–Trinajstić information content (AvgIpc) is 2.70. The zero-order valence-corrected chi connectivity index (χ0v) is 20.9. The maximum Gasteiger partial charge on any atom is 0.0576 e. The molecule has 0 aromatic heterocycles. The van der Waals surface area contributed by atoms with Gasteiger partial charge in [0.15, 0.2) is 0 Å². The molecule has 0 saturated carbocycles. The van der Waals surface area contributed by atoms with E-state index in [1.165, 1.54) is 51.6 Å². The lowest BCUT2D eigenvalue weighted by Gasteiger charge is -2.48. The van der Waals surface area contributed by atoms with Crippen LogP contribution in [0, 0.1) is 0 Å². The second-order valence-electron chi connectivity index (χ2n) is 7.15. The van der Waals surface area contributed by atoms with E-state index in [0.29, 0.717) is 21.5 Å². The summed E-state index contributed by atoms with van der Waals surface area (Å²) in [5, 5.41) is 2.83. The van der Waals surface area contributed by atoms with Crippen molar-refractivity contribution in [2.75, 3.05) is 13.1 Å². The Hall–Kier alpha value is 1.32. The van der Waals surface area contributed by atoms with Crippen LogP contribution in [0.2, 0.25) is 0 Å². The third kappa shape index (κ3) is 5.91. The summed E-state index contributed by atoms with van der Waals surface area (Å²) in [4.78, 5) is 5.67. The molecule has 2 rings (SSSR count). The molecule has 0 aromatic carbocycles. The number of hydrogen-bond acceptors (Lipinski definition) is 6. The highest BCUT2D eigenvalue weighted by atomic mass is 32.2. The molecular formula is C20H40N2S4. The summed E-state index contributed by atoms with van der Waals surface area (Å²) in [6, 6.07) is 0. The Kier molecular flexibility index (Phi) is 11.0. The van der Waals surface area contributed by atoms with E-state index in [1.54, 1.807) is 0 Å². The first-order valence-electron chi connectivity index (χ1n) is 10.7. The molecule has 2 fully saturated rings. The van der Waals surface area contributed by atoms with Gasteiger partial charge in [-0.3, -0.25) is 9.80 Å². The molecule has 0 radical (unpaired) electrons. The van der Waals surface area contributed by atoms with Crippen LogP contribution in [-0.4, -0.2) is 53.5 Å². The van der Waals surface area contributed by atoms with E-state index in [4.69, 9.17) is 0 Å². The quantitative estimate of drug-likeness (QED) is 0.382. The van der Waals surface area contributed by atoms with E-state index in [0.717, 1.165) is 9.16 Å². The second kappa shape index (κ2) is 12.1. The molecule has 4 unspecified atom stereocenters. The number of thioether (sulfide) groups is 4. The summed E-state index contributed by atoms with van der Waals surface area (Å²) in [5.41, 5.74) is 0. The third-order valence-electron chi connectivity index (χ3n) is 5.40. The van der Waals surface area contributed by atoms with Gasteiger partial charge in [-0.05, 0) is 38.5 Å². The highest BCUT2D eigenvalue weighted by molar-refractivity contribution is 8.18. The standard InChI is InChI=1S/C20H40N2S4/c1-7-15-21(16(8-2)24-19(11-5)23-15)13-14-22-17(9-3)25-20(12-6)26-18(22)10-4/h15-20H,7-14H2,1-6H3. The molecule has 0 bridgehead atoms. The molecule has 2 aliphatic heterocycles. The number of hydrogen-bond donors (Lipinski definition) is 0. The average molecular weight is 437 g/mol. The van der Waals surface area contributed by atoms with Crippen molar-refractivity contribution in [3.8, 4) is 0 Å². The minimum absolute atomic E-state index is 0.708. The predicted molar refractivity (Wildman–Crippen MR) is 128 cm³/mol. The van der Waals surface area contributed by atoms with Gasteiger partial charge in [0.1, 0.15) is 0 Å². The molecule has 0 amide bonds. The van der Waals surface area contributed by atoms with Crippen molar-refractivity contribution >= 4 is 47.0 Å². The summed E-state index contributed by atoms with van der Waals surface area (Å²) in [6.45, 7) is 16.7. The highest BCUT2D eigenvalue weighted by Gasteiger charge is 2.37. The molecule has 154 valence electrons. The van der Waals surface area contributed by atoms with Gasteiger partial charge >= 0.3 is 0 Å². The van der Waals surface area contributed by atoms with Crippen molar-refractivity contribution in [2.24, 2.45) is 0 Å². The summed E-state index contributed by atoms with van der Waals surface area (Å²) in [6.07, 6.45) is 7.68. The van der Waals surface area contributed by atoms with Gasteiger partial charge in [-0.1, -0.05) is 41.5 Å². The lowest BCUT2D eigenvalue weighted by atomic mass is 10.3. The Labute approximate surface area is 180 Å². The Bertz CT molecular complexity index is 334. The molecule has 2 saturated heterocycles. The van der Waals surface area contributed by atoms with Crippen LogP contribution in [0.25, 0.3) is 0 Å². The number of rotatable bonds is 9. The van der Waals surface area contributed by atoms with Gasteiger partial charge in [-0.25, -0.2) is 0 Å². The van der Waals surface area contributed by atoms with Crippen LogP contribution in [-0.2, 0) is 0 Å². The zero-order chi connectivity index (χ0) is 19.1. The summed E-state index contributed by atoms with van der Waals surface area (Å²) < 4.78 is 1.58. The maximum atomic E-state index is 2.84. The van der Waals surface area contributed by atoms with Crippen LogP contribution >= 0.6 is 47.0 Å². The molecule has 0 aliphatic carbocycles. The fraction of sp³-hybridized carbons (Fsp3) is 1.00. The second-order valence-corrected chi connectivity index (χ2v) is 13.3. The first-order valence-corrected chi connectivity index (χ1v) is 14.5. The molecule has 26 heavy (non-hydrogen) atoms. The number of nitrogens with zero attached hydrogens (tertiary/aromatic N) is 2. The van der Waals surface area contributed by atoms with Crippen LogP contribution in [0.1, 0.15) is 80.1 Å². The lowest BCUT2D eigenvalue weighted by molar-refractivity contribution is 0.159. The lowest BCUT2D eigenvalue weighted by Crippen LogP contribution is -2.51. The fourth-order valence-corrected chi connectivity index (χ4v) is 10.7. The smallest absolute Gasteiger partial charge is 0.0576 e. The van der Waals surface area contributed by atoms with Crippen LogP contribution < -0.4 is 0 Å². The molecule has 2 heterocycles. The van der Waals surface area contributed by atoms with Gasteiger partial charge < -0.3 is 0 Å². The third-order valence-corrected chi connectivity index (χ3v) is 12.9. The predicted octanol–water partition coefficient (Wildman–Crippen LogP) is 6.97. The Morgan fingerprint density at radius 1 is 0.462 bits per heavy atom. The van der Waals surface area contributed by atoms with Crippen molar-refractivity contribution in [1.82, 2.24) is 9.80 Å². The van der Waals surface area contributed by atoms with Crippen molar-refractivity contribution in [3.05, 3.63) is 0 Å². The molecule has 6 heteroatoms. The molecule has 4 atom stereocenters. The molecule has 0 aromatic rings. The van der Waals surface area contributed by atoms with Gasteiger partial charge in [-0.15, -0.1) is 47.0 Å². The van der Waals surface area contributed by atoms with E-state index < -0.39 is 0 Å². The Morgan fingerprint density at radius 2 is 0.731 bits per heavy atom. The minimum Gasteiger partial charge on any atom is -0.278 e. The van der Waals surface area contributed by atoms with Crippen molar-refractivity contribution in [1.29, 1.82) is 0 Å². The summed E-state index contributed by atoms with van der Waals surface area (Å²) >= 11 is 8.89. The van der Waals surface area contributed by atoms with Gasteiger partial charge in [0.05, 0.1) is 30.7 Å². The van der Waals surface area contributed by atoms with Crippen molar-refractivity contribution < 1.29 is 0 Å². The van der Waals surface area contributed by atoms with Crippen LogP contribution in [0.3, 0.4) is 0 Å². The largest absolute Gasteiger partial charge is 0.278 e. The van der Waals surface area contributed by atoms with E-state index in [2.05, 4.69) is 98.4 Å². The Morgan fingerprint density at radius 3 is 0.923 bits per heavy atom. The topological polar surface area (TPSA) is 6.48 Å². The summed E-state index contributed by atoms with van der Waals surface area (Å²) in [7, 11) is 0. The van der Waals surface area contributed by atoms with Gasteiger partial charge in [0, 0.05) is 13.1 Å². The molecule has 0 N–H and O–H groups in total. The highest BCUT2D eigenvalue weighted by Crippen LogP contribution is 2.46. The van der Waals surface area contributed by atoms with Crippen molar-refractivity contribution in [2.45, 2.75) is 111 Å². The first-order chi connectivity index (χ1) is 12.6. The molecule has 2 nitrogen and oxygen atoms in total. The Balaban J connectivity index is 2.03. The molecule has 2 aliphatic rings. The normalized spacial score (nSPS) is 37.2. The van der Waals surface area contributed by atoms with Crippen molar-refractivity contribution in [3.63, 3.8) is 0 Å². The van der Waals surface area contributed by atoms with Crippen LogP contribution in [0.5, 0.6) is 0 Å². The minimum atomic E-state index is 0.708. The zero-order valence-electron chi connectivity index (χ0n) is 17.6. The first kappa shape index (κ1) is 23.6. The molecular weight excluding hydrogens is 397 g/mol. The van der Waals surface area contributed by atoms with E-state index in [-0.39, 0.29) is 0 Å².